The van der Waals surface area contributed by atoms with E-state index in [4.69, 9.17) is 29.2 Å². The van der Waals surface area contributed by atoms with Crippen molar-refractivity contribution >= 4 is 28.9 Å². The second kappa shape index (κ2) is 8.83. The van der Waals surface area contributed by atoms with Crippen LogP contribution in [0.3, 0.4) is 0 Å². The number of imidazole rings is 1. The lowest BCUT2D eigenvalue weighted by atomic mass is 10.1. The van der Waals surface area contributed by atoms with E-state index in [-0.39, 0.29) is 11.6 Å². The third kappa shape index (κ3) is 4.05. The molecule has 174 valence electrons. The number of carboxylic acids is 1. The molecule has 2 fully saturated rings. The Bertz CT molecular complexity index is 1180. The number of rotatable bonds is 5. The van der Waals surface area contributed by atoms with Crippen LogP contribution in [0.1, 0.15) is 17.3 Å². The van der Waals surface area contributed by atoms with Gasteiger partial charge in [0.25, 0.3) is 0 Å². The number of carboxylic acid groups (broad SMARTS) is 1. The molecule has 11 nitrogen and oxygen atoms in total. The van der Waals surface area contributed by atoms with Gasteiger partial charge in [0.1, 0.15) is 17.1 Å². The average molecular weight is 454 g/mol. The smallest absolute Gasteiger partial charge is 0.339 e. The zero-order valence-corrected chi connectivity index (χ0v) is 18.6. The zero-order valence-electron chi connectivity index (χ0n) is 18.6. The van der Waals surface area contributed by atoms with Crippen molar-refractivity contribution in [3.05, 3.63) is 23.8 Å². The highest BCUT2D eigenvalue weighted by atomic mass is 16.5. The van der Waals surface area contributed by atoms with Crippen LogP contribution in [0, 0.1) is 0 Å². The monoisotopic (exact) mass is 454 g/mol. The van der Waals surface area contributed by atoms with Gasteiger partial charge in [-0.3, -0.25) is 0 Å². The molecule has 1 aromatic carbocycles. The van der Waals surface area contributed by atoms with Gasteiger partial charge in [-0.05, 0) is 25.1 Å². The topological polar surface area (TPSA) is 126 Å². The SMILES string of the molecule is COc1ccc(-c2nc3c(N4CCOC[C@@H]4C)nc(N4CCOCC4)nc3[nH]2)cc1C(=O)O. The van der Waals surface area contributed by atoms with Crippen LogP contribution < -0.4 is 14.5 Å². The van der Waals surface area contributed by atoms with E-state index in [9.17, 15) is 9.90 Å². The molecule has 0 spiro atoms. The van der Waals surface area contributed by atoms with Crippen molar-refractivity contribution in [3.8, 4) is 17.1 Å². The first kappa shape index (κ1) is 21.4. The molecule has 2 saturated heterocycles. The summed E-state index contributed by atoms with van der Waals surface area (Å²) in [5, 5.41) is 9.56. The first-order valence-electron chi connectivity index (χ1n) is 10.9. The number of nitrogens with zero attached hydrogens (tertiary/aromatic N) is 5. The van der Waals surface area contributed by atoms with Crippen molar-refractivity contribution < 1.29 is 24.1 Å². The van der Waals surface area contributed by atoms with Crippen LogP contribution in [0.15, 0.2) is 18.2 Å². The summed E-state index contributed by atoms with van der Waals surface area (Å²) >= 11 is 0. The maximum atomic E-state index is 11.7. The lowest BCUT2D eigenvalue weighted by Gasteiger charge is -2.35. The number of aromatic carboxylic acids is 1. The summed E-state index contributed by atoms with van der Waals surface area (Å²) in [5.74, 6) is 1.11. The molecule has 33 heavy (non-hydrogen) atoms. The molecule has 3 aromatic rings. The number of ether oxygens (including phenoxy) is 3. The summed E-state index contributed by atoms with van der Waals surface area (Å²) in [6, 6.07) is 5.08. The molecule has 0 amide bonds. The summed E-state index contributed by atoms with van der Waals surface area (Å²) in [7, 11) is 1.45. The standard InChI is InChI=1S/C22H26N6O5/c1-13-12-33-10-7-28(13)20-17-19(25-22(26-20)27-5-8-32-9-6-27)24-18(23-17)14-3-4-16(31-2)15(11-14)21(29)30/h3-4,11,13H,5-10,12H2,1-2H3,(H,29,30)(H,23,24,25,26)/t13-/m0/s1. The number of aromatic nitrogens is 4. The maximum Gasteiger partial charge on any atom is 0.339 e. The summed E-state index contributed by atoms with van der Waals surface area (Å²) in [5.41, 5.74) is 1.93. The lowest BCUT2D eigenvalue weighted by molar-refractivity contribution is 0.0693. The highest BCUT2D eigenvalue weighted by Crippen LogP contribution is 2.32. The Hall–Kier alpha value is -3.44. The van der Waals surface area contributed by atoms with E-state index in [1.807, 2.05) is 0 Å². The molecular formula is C22H26N6O5. The molecule has 2 aromatic heterocycles. The Morgan fingerprint density at radius 1 is 1.15 bits per heavy atom. The number of carbonyl (C=O) groups is 1. The van der Waals surface area contributed by atoms with E-state index in [0.717, 1.165) is 5.82 Å². The lowest BCUT2D eigenvalue weighted by Crippen LogP contribution is -2.44. The molecule has 2 N–H and O–H groups in total. The Morgan fingerprint density at radius 2 is 1.94 bits per heavy atom. The van der Waals surface area contributed by atoms with Crippen molar-refractivity contribution in [1.29, 1.82) is 0 Å². The fourth-order valence-corrected chi connectivity index (χ4v) is 4.18. The number of H-pyrrole nitrogens is 1. The Kier molecular flexibility index (Phi) is 5.73. The summed E-state index contributed by atoms with van der Waals surface area (Å²) in [6.45, 7) is 6.69. The predicted molar refractivity (Wildman–Crippen MR) is 121 cm³/mol. The molecule has 1 atom stereocenters. The molecule has 5 rings (SSSR count). The third-order valence-electron chi connectivity index (χ3n) is 5.95. The number of fused-ring (bicyclic) bond motifs is 1. The average Bonchev–Trinajstić information content (AvgIpc) is 3.28. The Morgan fingerprint density at radius 3 is 2.67 bits per heavy atom. The summed E-state index contributed by atoms with van der Waals surface area (Å²) < 4.78 is 16.3. The van der Waals surface area contributed by atoms with E-state index in [0.29, 0.717) is 80.3 Å². The minimum atomic E-state index is -1.07. The number of benzene rings is 1. The van der Waals surface area contributed by atoms with Crippen LogP contribution in [0.25, 0.3) is 22.6 Å². The van der Waals surface area contributed by atoms with Crippen LogP contribution in [0.2, 0.25) is 0 Å². The van der Waals surface area contributed by atoms with Crippen LogP contribution in [0.4, 0.5) is 11.8 Å². The first-order valence-corrected chi connectivity index (χ1v) is 10.9. The van der Waals surface area contributed by atoms with Crippen LogP contribution in [0.5, 0.6) is 5.75 Å². The van der Waals surface area contributed by atoms with Gasteiger partial charge in [0.05, 0.1) is 39.6 Å². The number of methoxy groups -OCH3 is 1. The molecule has 0 aliphatic carbocycles. The molecule has 2 aliphatic heterocycles. The molecule has 4 heterocycles. The van der Waals surface area contributed by atoms with E-state index in [1.165, 1.54) is 7.11 Å². The van der Waals surface area contributed by atoms with Crippen molar-refractivity contribution in [2.24, 2.45) is 0 Å². The summed E-state index contributed by atoms with van der Waals surface area (Å²) in [4.78, 5) is 33.7. The van der Waals surface area contributed by atoms with Crippen LogP contribution >= 0.6 is 0 Å². The Balaban J connectivity index is 1.63. The summed E-state index contributed by atoms with van der Waals surface area (Å²) in [6.07, 6.45) is 0. The second-order valence-corrected chi connectivity index (χ2v) is 8.07. The van der Waals surface area contributed by atoms with Gasteiger partial charge in [0.2, 0.25) is 5.95 Å². The maximum absolute atomic E-state index is 11.7. The second-order valence-electron chi connectivity index (χ2n) is 8.07. The van der Waals surface area contributed by atoms with Crippen molar-refractivity contribution in [2.45, 2.75) is 13.0 Å². The van der Waals surface area contributed by atoms with E-state index >= 15 is 0 Å². The van der Waals surface area contributed by atoms with Crippen LogP contribution in [-0.2, 0) is 9.47 Å². The number of morpholine rings is 2. The fraction of sp³-hybridized carbons (Fsp3) is 0.455. The van der Waals surface area contributed by atoms with Gasteiger partial charge < -0.3 is 34.1 Å². The molecule has 11 heteroatoms. The minimum Gasteiger partial charge on any atom is -0.496 e. The fourth-order valence-electron chi connectivity index (χ4n) is 4.18. The van der Waals surface area contributed by atoms with E-state index in [2.05, 4.69) is 21.7 Å². The van der Waals surface area contributed by atoms with Crippen molar-refractivity contribution in [3.63, 3.8) is 0 Å². The van der Waals surface area contributed by atoms with Crippen molar-refractivity contribution in [2.75, 3.05) is 63.0 Å². The van der Waals surface area contributed by atoms with Gasteiger partial charge in [-0.25, -0.2) is 9.78 Å². The van der Waals surface area contributed by atoms with Gasteiger partial charge >= 0.3 is 5.97 Å². The van der Waals surface area contributed by atoms with E-state index in [1.54, 1.807) is 18.2 Å². The minimum absolute atomic E-state index is 0.0672. The molecule has 0 unspecified atom stereocenters. The zero-order chi connectivity index (χ0) is 22.9. The number of aromatic amines is 1. The largest absolute Gasteiger partial charge is 0.496 e. The van der Waals surface area contributed by atoms with Crippen molar-refractivity contribution in [1.82, 2.24) is 19.9 Å². The quantitative estimate of drug-likeness (QED) is 0.589. The third-order valence-corrected chi connectivity index (χ3v) is 5.95. The number of nitrogens with one attached hydrogen (secondary N) is 1. The normalized spacial score (nSPS) is 19.2. The molecular weight excluding hydrogens is 428 g/mol. The predicted octanol–water partition coefficient (Wildman–Crippen LogP) is 1.79. The first-order chi connectivity index (χ1) is 16.0. The van der Waals surface area contributed by atoms with Gasteiger partial charge in [-0.1, -0.05) is 0 Å². The van der Waals surface area contributed by atoms with Gasteiger partial charge in [0.15, 0.2) is 17.0 Å². The number of hydrogen-bond donors (Lipinski definition) is 2. The number of anilines is 2. The van der Waals surface area contributed by atoms with Gasteiger partial charge in [-0.2, -0.15) is 9.97 Å². The van der Waals surface area contributed by atoms with E-state index < -0.39 is 5.97 Å². The highest BCUT2D eigenvalue weighted by molar-refractivity contribution is 5.93. The van der Waals surface area contributed by atoms with Crippen LogP contribution in [-0.4, -0.2) is 90.2 Å². The molecule has 0 radical (unpaired) electrons. The highest BCUT2D eigenvalue weighted by Gasteiger charge is 2.27. The Labute approximate surface area is 190 Å². The van der Waals surface area contributed by atoms with Gasteiger partial charge in [-0.15, -0.1) is 0 Å². The van der Waals surface area contributed by atoms with Gasteiger partial charge in [0, 0.05) is 25.2 Å². The molecule has 0 saturated carbocycles. The molecule has 0 bridgehead atoms. The molecule has 2 aliphatic rings. The number of hydrogen-bond acceptors (Lipinski definition) is 9.